The lowest BCUT2D eigenvalue weighted by Crippen LogP contribution is -2.54. The highest BCUT2D eigenvalue weighted by Gasteiger charge is 2.45. The first-order valence-electron chi connectivity index (χ1n) is 13.3. The number of rotatable bonds is 5. The molecule has 2 atom stereocenters. The Labute approximate surface area is 207 Å². The predicted octanol–water partition coefficient (Wildman–Crippen LogP) is 4.66. The van der Waals surface area contributed by atoms with Crippen LogP contribution in [0.2, 0.25) is 0 Å². The first-order valence-corrected chi connectivity index (χ1v) is 14.1. The van der Waals surface area contributed by atoms with Crippen LogP contribution in [0.15, 0.2) is 18.3 Å². The Morgan fingerprint density at radius 2 is 2.18 bits per heavy atom. The molecule has 182 valence electrons. The number of aromatic nitrogens is 1. The van der Waals surface area contributed by atoms with Crippen molar-refractivity contribution in [3.8, 4) is 0 Å². The average molecular weight is 480 g/mol. The van der Waals surface area contributed by atoms with E-state index in [1.807, 2.05) is 11.3 Å². The number of likely N-dealkylation sites (tertiary alicyclic amines) is 1. The number of pyridine rings is 1. The van der Waals surface area contributed by atoms with Crippen LogP contribution < -0.4 is 5.32 Å². The number of ether oxygens (including phenoxy) is 1. The second kappa shape index (κ2) is 9.03. The fourth-order valence-electron chi connectivity index (χ4n) is 6.70. The molecule has 1 saturated heterocycles. The van der Waals surface area contributed by atoms with E-state index in [1.54, 1.807) is 11.1 Å². The van der Waals surface area contributed by atoms with Crippen LogP contribution in [0, 0.1) is 5.92 Å². The number of fused-ring (bicyclic) bond motifs is 3. The molecule has 1 saturated carbocycles. The molecule has 5 nitrogen and oxygen atoms in total. The number of thiophene rings is 1. The first-order chi connectivity index (χ1) is 16.5. The molecule has 0 radical (unpaired) electrons. The van der Waals surface area contributed by atoms with Crippen LogP contribution in [0.25, 0.3) is 0 Å². The zero-order valence-electron chi connectivity index (χ0n) is 20.6. The van der Waals surface area contributed by atoms with Crippen LogP contribution in [0.5, 0.6) is 0 Å². The Kier molecular flexibility index (Phi) is 6.03. The highest BCUT2D eigenvalue weighted by Crippen LogP contribution is 2.46. The molecular formula is C28H37N3O2S. The van der Waals surface area contributed by atoms with Gasteiger partial charge in [0.2, 0.25) is 0 Å². The standard InChI is InChI=1S/C28H37N3O2S/c1-3-23-14-24-26(34-23)7-10-33-28(24)8-9-31(18(2)15-28)17-19-11-22(12-19)30-27(32)21-13-20-5-4-6-25(20)29-16-21/h13-14,16,18-19,22H,3-12,15,17H2,1-2H3,(H,30,32)/t18-,19?,22?,28+/m0/s1. The molecule has 1 N–H and O–H groups in total. The second-order valence-electron chi connectivity index (χ2n) is 11.0. The maximum Gasteiger partial charge on any atom is 0.253 e. The zero-order valence-corrected chi connectivity index (χ0v) is 21.4. The van der Waals surface area contributed by atoms with Gasteiger partial charge < -0.3 is 15.0 Å². The highest BCUT2D eigenvalue weighted by molar-refractivity contribution is 7.12. The van der Waals surface area contributed by atoms with E-state index in [2.05, 4.69) is 41.2 Å². The molecule has 2 fully saturated rings. The Morgan fingerprint density at radius 1 is 1.29 bits per heavy atom. The van der Waals surface area contributed by atoms with Crippen molar-refractivity contribution in [3.63, 3.8) is 0 Å². The van der Waals surface area contributed by atoms with Crippen molar-refractivity contribution in [1.29, 1.82) is 0 Å². The minimum atomic E-state index is -0.0621. The summed E-state index contributed by atoms with van der Waals surface area (Å²) in [6.07, 6.45) is 11.6. The summed E-state index contributed by atoms with van der Waals surface area (Å²) in [7, 11) is 0. The summed E-state index contributed by atoms with van der Waals surface area (Å²) in [4.78, 5) is 23.0. The Balaban J connectivity index is 1.01. The highest BCUT2D eigenvalue weighted by atomic mass is 32.1. The van der Waals surface area contributed by atoms with Gasteiger partial charge in [0.15, 0.2) is 0 Å². The monoisotopic (exact) mass is 479 g/mol. The van der Waals surface area contributed by atoms with E-state index in [4.69, 9.17) is 4.74 Å². The lowest BCUT2D eigenvalue weighted by molar-refractivity contribution is -0.114. The van der Waals surface area contributed by atoms with Crippen molar-refractivity contribution in [2.75, 3.05) is 19.7 Å². The number of piperidine rings is 1. The van der Waals surface area contributed by atoms with Crippen molar-refractivity contribution in [1.82, 2.24) is 15.2 Å². The fourth-order valence-corrected chi connectivity index (χ4v) is 7.88. The minimum Gasteiger partial charge on any atom is -0.370 e. The molecule has 6 heteroatoms. The fraction of sp³-hybridized carbons (Fsp3) is 0.643. The number of hydrogen-bond donors (Lipinski definition) is 1. The predicted molar refractivity (Wildman–Crippen MR) is 136 cm³/mol. The third kappa shape index (κ3) is 4.12. The SMILES string of the molecule is CCc1cc2c(s1)CCO[C@@]21CCN(CC2CC(NC(=O)c3cnc4c(c3)CCC4)C2)[C@@H](C)C1. The van der Waals surface area contributed by atoms with Gasteiger partial charge in [-0.3, -0.25) is 9.78 Å². The molecule has 1 amide bonds. The topological polar surface area (TPSA) is 54.5 Å². The lowest BCUT2D eigenvalue weighted by Gasteiger charge is -2.49. The molecular weight excluding hydrogens is 442 g/mol. The van der Waals surface area contributed by atoms with Gasteiger partial charge in [-0.1, -0.05) is 6.92 Å². The minimum absolute atomic E-state index is 0.0476. The lowest BCUT2D eigenvalue weighted by atomic mass is 9.76. The summed E-state index contributed by atoms with van der Waals surface area (Å²) in [6, 6.07) is 5.33. The molecule has 34 heavy (non-hydrogen) atoms. The van der Waals surface area contributed by atoms with E-state index < -0.39 is 0 Å². The van der Waals surface area contributed by atoms with Crippen LogP contribution in [-0.4, -0.2) is 47.6 Å². The number of aryl methyl sites for hydroxylation is 3. The summed E-state index contributed by atoms with van der Waals surface area (Å²) < 4.78 is 6.51. The molecule has 2 aliphatic carbocycles. The average Bonchev–Trinajstić information content (AvgIpc) is 3.46. The number of carbonyl (C=O) groups is 1. The molecule has 0 aromatic carbocycles. The van der Waals surface area contributed by atoms with Gasteiger partial charge >= 0.3 is 0 Å². The normalized spacial score (nSPS) is 30.6. The zero-order chi connectivity index (χ0) is 23.3. The van der Waals surface area contributed by atoms with Crippen molar-refractivity contribution >= 4 is 17.2 Å². The third-order valence-corrected chi connectivity index (χ3v) is 10.0. The summed E-state index contributed by atoms with van der Waals surface area (Å²) in [5.74, 6) is 0.724. The molecule has 0 bridgehead atoms. The van der Waals surface area contributed by atoms with E-state index in [0.29, 0.717) is 18.0 Å². The van der Waals surface area contributed by atoms with Gasteiger partial charge in [-0.2, -0.15) is 0 Å². The maximum absolute atomic E-state index is 12.7. The Morgan fingerprint density at radius 3 is 3.00 bits per heavy atom. The molecule has 2 aromatic heterocycles. The largest absolute Gasteiger partial charge is 0.370 e. The number of amides is 1. The number of hydrogen-bond acceptors (Lipinski definition) is 5. The molecule has 4 heterocycles. The first kappa shape index (κ1) is 22.7. The van der Waals surface area contributed by atoms with Crippen molar-refractivity contribution in [2.45, 2.75) is 89.3 Å². The van der Waals surface area contributed by atoms with Gasteiger partial charge in [-0.15, -0.1) is 11.3 Å². The second-order valence-corrected chi connectivity index (χ2v) is 12.2. The summed E-state index contributed by atoms with van der Waals surface area (Å²) in [5.41, 5.74) is 4.61. The smallest absolute Gasteiger partial charge is 0.253 e. The maximum atomic E-state index is 12.7. The van der Waals surface area contributed by atoms with Crippen molar-refractivity contribution in [3.05, 3.63) is 50.5 Å². The molecule has 2 aromatic rings. The van der Waals surface area contributed by atoms with Crippen LogP contribution >= 0.6 is 11.3 Å². The summed E-state index contributed by atoms with van der Waals surface area (Å²) in [5, 5.41) is 3.25. The van der Waals surface area contributed by atoms with E-state index >= 15 is 0 Å². The quantitative estimate of drug-likeness (QED) is 0.678. The van der Waals surface area contributed by atoms with Crippen molar-refractivity contribution < 1.29 is 9.53 Å². The Bertz CT molecular complexity index is 1080. The molecule has 4 aliphatic rings. The summed E-state index contributed by atoms with van der Waals surface area (Å²) in [6.45, 7) is 7.75. The van der Waals surface area contributed by atoms with Gasteiger partial charge in [0.1, 0.15) is 0 Å². The van der Waals surface area contributed by atoms with E-state index in [1.165, 1.54) is 21.7 Å². The van der Waals surface area contributed by atoms with Crippen molar-refractivity contribution in [2.24, 2.45) is 5.92 Å². The van der Waals surface area contributed by atoms with Crippen LogP contribution in [-0.2, 0) is 36.0 Å². The molecule has 6 rings (SSSR count). The Hall–Kier alpha value is -1.76. The molecule has 1 spiro atoms. The van der Waals surface area contributed by atoms with Gasteiger partial charge in [0, 0.05) is 53.2 Å². The van der Waals surface area contributed by atoms with Crippen LogP contribution in [0.3, 0.4) is 0 Å². The van der Waals surface area contributed by atoms with E-state index in [0.717, 1.165) is 83.0 Å². The van der Waals surface area contributed by atoms with Crippen LogP contribution in [0.4, 0.5) is 0 Å². The van der Waals surface area contributed by atoms with Gasteiger partial charge in [-0.05, 0) is 87.5 Å². The van der Waals surface area contributed by atoms with Gasteiger partial charge in [-0.25, -0.2) is 0 Å². The van der Waals surface area contributed by atoms with Gasteiger partial charge in [0.25, 0.3) is 5.91 Å². The van der Waals surface area contributed by atoms with E-state index in [-0.39, 0.29) is 11.5 Å². The molecule has 0 unspecified atom stereocenters. The van der Waals surface area contributed by atoms with Gasteiger partial charge in [0.05, 0.1) is 17.8 Å². The van der Waals surface area contributed by atoms with Crippen LogP contribution in [0.1, 0.15) is 82.9 Å². The number of nitrogens with one attached hydrogen (secondary N) is 1. The number of carbonyl (C=O) groups excluding carboxylic acids is 1. The number of nitrogens with zero attached hydrogens (tertiary/aromatic N) is 2. The third-order valence-electron chi connectivity index (χ3n) is 8.70. The van der Waals surface area contributed by atoms with E-state index in [9.17, 15) is 4.79 Å². The summed E-state index contributed by atoms with van der Waals surface area (Å²) >= 11 is 2.01. The molecule has 2 aliphatic heterocycles.